The maximum absolute atomic E-state index is 13.5. The van der Waals surface area contributed by atoms with Crippen molar-refractivity contribution in [3.05, 3.63) is 94.8 Å². The SMILES string of the molecule is O=C(CCCc1cccnc1)c1ccc([C@H]2CCCCC2=O)nc1CCCCc1cccc(F)c1. The van der Waals surface area contributed by atoms with Gasteiger partial charge in [0.2, 0.25) is 0 Å². The fraction of sp³-hybridized carbons (Fsp3) is 0.400. The van der Waals surface area contributed by atoms with E-state index in [9.17, 15) is 14.0 Å². The quantitative estimate of drug-likeness (QED) is 0.233. The number of carbonyl (C=O) groups excluding carboxylic acids is 2. The standard InChI is InChI=1S/C30H33FN2O2/c31-24-12-5-9-22(20-24)8-1-3-14-27-26(30(35)16-6-10-23-11-7-19-32-21-23)17-18-28(33-27)25-13-2-4-15-29(25)34/h5,7,9,11-12,17-21,25H,1-4,6,8,10,13-16H2/t25-/m1/s1. The van der Waals surface area contributed by atoms with Crippen molar-refractivity contribution >= 4 is 11.6 Å². The molecule has 4 nitrogen and oxygen atoms in total. The molecule has 1 aromatic carbocycles. The van der Waals surface area contributed by atoms with Crippen LogP contribution < -0.4 is 0 Å². The first-order valence-electron chi connectivity index (χ1n) is 12.8. The van der Waals surface area contributed by atoms with E-state index in [1.807, 2.05) is 36.5 Å². The van der Waals surface area contributed by atoms with Crippen LogP contribution in [0.2, 0.25) is 0 Å². The average molecular weight is 473 g/mol. The lowest BCUT2D eigenvalue weighted by atomic mass is 9.85. The van der Waals surface area contributed by atoms with Gasteiger partial charge in [0.15, 0.2) is 5.78 Å². The molecule has 0 amide bonds. The predicted molar refractivity (Wildman–Crippen MR) is 135 cm³/mol. The van der Waals surface area contributed by atoms with Crippen LogP contribution in [-0.2, 0) is 24.1 Å². The minimum atomic E-state index is -0.215. The molecule has 4 rings (SSSR count). The van der Waals surface area contributed by atoms with Crippen molar-refractivity contribution in [2.24, 2.45) is 0 Å². The lowest BCUT2D eigenvalue weighted by Crippen LogP contribution is -2.19. The summed E-state index contributed by atoms with van der Waals surface area (Å²) in [6.07, 6.45) is 12.2. The smallest absolute Gasteiger partial charge is 0.164 e. The molecular formula is C30H33FN2O2. The van der Waals surface area contributed by atoms with E-state index in [-0.39, 0.29) is 23.3 Å². The fourth-order valence-corrected chi connectivity index (χ4v) is 4.90. The van der Waals surface area contributed by atoms with Gasteiger partial charge in [0, 0.05) is 30.8 Å². The molecule has 0 unspecified atom stereocenters. The van der Waals surface area contributed by atoms with E-state index in [0.717, 1.165) is 73.9 Å². The van der Waals surface area contributed by atoms with Crippen LogP contribution in [-0.4, -0.2) is 21.5 Å². The van der Waals surface area contributed by atoms with Gasteiger partial charge in [-0.05, 0) is 92.8 Å². The minimum Gasteiger partial charge on any atom is -0.299 e. The van der Waals surface area contributed by atoms with Crippen molar-refractivity contribution in [3.8, 4) is 0 Å². The van der Waals surface area contributed by atoms with Gasteiger partial charge in [-0.2, -0.15) is 0 Å². The van der Waals surface area contributed by atoms with E-state index in [1.165, 1.54) is 6.07 Å². The van der Waals surface area contributed by atoms with Gasteiger partial charge in [-0.1, -0.05) is 24.6 Å². The van der Waals surface area contributed by atoms with E-state index in [0.29, 0.717) is 24.8 Å². The highest BCUT2D eigenvalue weighted by atomic mass is 19.1. The zero-order valence-corrected chi connectivity index (χ0v) is 20.2. The topological polar surface area (TPSA) is 59.9 Å². The zero-order chi connectivity index (χ0) is 24.5. The Morgan fingerprint density at radius 3 is 2.57 bits per heavy atom. The van der Waals surface area contributed by atoms with Gasteiger partial charge in [-0.3, -0.25) is 19.6 Å². The molecule has 2 heterocycles. The summed E-state index contributed by atoms with van der Waals surface area (Å²) in [5.74, 6) is -0.00268. The van der Waals surface area contributed by atoms with Crippen LogP contribution in [0.25, 0.3) is 0 Å². The van der Waals surface area contributed by atoms with Gasteiger partial charge in [-0.25, -0.2) is 4.39 Å². The second-order valence-corrected chi connectivity index (χ2v) is 9.47. The molecule has 0 N–H and O–H groups in total. The molecule has 1 atom stereocenters. The first kappa shape index (κ1) is 24.9. The van der Waals surface area contributed by atoms with Crippen LogP contribution in [0.15, 0.2) is 60.9 Å². The van der Waals surface area contributed by atoms with Crippen molar-refractivity contribution in [1.29, 1.82) is 0 Å². The summed E-state index contributed by atoms with van der Waals surface area (Å²) in [5.41, 5.74) is 4.38. The number of nitrogens with zero attached hydrogens (tertiary/aromatic N) is 2. The number of Topliss-reactive ketones (excluding diaryl/α,β-unsaturated/α-hetero) is 2. The summed E-state index contributed by atoms with van der Waals surface area (Å²) >= 11 is 0. The van der Waals surface area contributed by atoms with Gasteiger partial charge in [0.25, 0.3) is 0 Å². The molecule has 1 saturated carbocycles. The predicted octanol–water partition coefficient (Wildman–Crippen LogP) is 6.61. The van der Waals surface area contributed by atoms with Crippen molar-refractivity contribution in [2.45, 2.75) is 76.5 Å². The van der Waals surface area contributed by atoms with Crippen molar-refractivity contribution in [2.75, 3.05) is 0 Å². The summed E-state index contributed by atoms with van der Waals surface area (Å²) < 4.78 is 13.5. The lowest BCUT2D eigenvalue weighted by molar-refractivity contribution is -0.121. The molecule has 0 aliphatic heterocycles. The number of pyridine rings is 2. The summed E-state index contributed by atoms with van der Waals surface area (Å²) in [5, 5.41) is 0. The Morgan fingerprint density at radius 1 is 0.943 bits per heavy atom. The zero-order valence-electron chi connectivity index (χ0n) is 20.2. The lowest BCUT2D eigenvalue weighted by Gasteiger charge is -2.21. The molecule has 0 spiro atoms. The van der Waals surface area contributed by atoms with Crippen LogP contribution in [0, 0.1) is 5.82 Å². The molecule has 1 fully saturated rings. The second kappa shape index (κ2) is 12.5. The molecule has 5 heteroatoms. The molecule has 0 bridgehead atoms. The van der Waals surface area contributed by atoms with E-state index < -0.39 is 0 Å². The largest absolute Gasteiger partial charge is 0.299 e. The van der Waals surface area contributed by atoms with Gasteiger partial charge in [0.1, 0.15) is 11.6 Å². The Labute approximate surface area is 207 Å². The third kappa shape index (κ3) is 7.14. The monoisotopic (exact) mass is 472 g/mol. The summed E-state index contributed by atoms with van der Waals surface area (Å²) in [6, 6.07) is 14.4. The number of aryl methyl sites for hydroxylation is 3. The Hall–Kier alpha value is -3.21. The Balaban J connectivity index is 1.43. The maximum atomic E-state index is 13.5. The van der Waals surface area contributed by atoms with Gasteiger partial charge in [0.05, 0.1) is 17.3 Å². The summed E-state index contributed by atoms with van der Waals surface area (Å²) in [4.78, 5) is 34.7. The van der Waals surface area contributed by atoms with E-state index in [2.05, 4.69) is 4.98 Å². The average Bonchev–Trinajstić information content (AvgIpc) is 2.87. The van der Waals surface area contributed by atoms with E-state index in [4.69, 9.17) is 4.98 Å². The number of aromatic nitrogens is 2. The number of unbranched alkanes of at least 4 members (excludes halogenated alkanes) is 1. The minimum absolute atomic E-state index is 0.100. The van der Waals surface area contributed by atoms with Gasteiger partial charge < -0.3 is 0 Å². The number of halogens is 1. The van der Waals surface area contributed by atoms with Crippen molar-refractivity contribution < 1.29 is 14.0 Å². The molecule has 0 saturated heterocycles. The Kier molecular flexibility index (Phi) is 8.88. The number of hydrogen-bond acceptors (Lipinski definition) is 4. The number of carbonyl (C=O) groups is 2. The molecule has 0 radical (unpaired) electrons. The van der Waals surface area contributed by atoms with Gasteiger partial charge in [-0.15, -0.1) is 0 Å². The van der Waals surface area contributed by atoms with Crippen molar-refractivity contribution in [3.63, 3.8) is 0 Å². The number of benzene rings is 1. The number of hydrogen-bond donors (Lipinski definition) is 0. The van der Waals surface area contributed by atoms with Crippen LogP contribution in [0.5, 0.6) is 0 Å². The highest BCUT2D eigenvalue weighted by Crippen LogP contribution is 2.30. The first-order chi connectivity index (χ1) is 17.1. The van der Waals surface area contributed by atoms with E-state index in [1.54, 1.807) is 18.3 Å². The van der Waals surface area contributed by atoms with Crippen molar-refractivity contribution in [1.82, 2.24) is 9.97 Å². The Morgan fingerprint density at radius 2 is 1.77 bits per heavy atom. The maximum Gasteiger partial charge on any atom is 0.164 e. The van der Waals surface area contributed by atoms with Crippen LogP contribution in [0.1, 0.15) is 90.2 Å². The van der Waals surface area contributed by atoms with Gasteiger partial charge >= 0.3 is 0 Å². The Bertz CT molecular complexity index is 1150. The van der Waals surface area contributed by atoms with Crippen LogP contribution >= 0.6 is 0 Å². The molecule has 35 heavy (non-hydrogen) atoms. The first-order valence-corrected chi connectivity index (χ1v) is 12.8. The fourth-order valence-electron chi connectivity index (χ4n) is 4.90. The highest BCUT2D eigenvalue weighted by Gasteiger charge is 2.26. The number of ketones is 2. The molecule has 1 aliphatic rings. The molecule has 2 aromatic heterocycles. The summed E-state index contributed by atoms with van der Waals surface area (Å²) in [7, 11) is 0. The molecule has 3 aromatic rings. The van der Waals surface area contributed by atoms with Crippen LogP contribution in [0.3, 0.4) is 0 Å². The normalized spacial score (nSPS) is 15.8. The second-order valence-electron chi connectivity index (χ2n) is 9.47. The third-order valence-corrected chi connectivity index (χ3v) is 6.82. The number of rotatable bonds is 11. The van der Waals surface area contributed by atoms with Crippen LogP contribution in [0.4, 0.5) is 4.39 Å². The molecular weight excluding hydrogens is 439 g/mol. The molecule has 1 aliphatic carbocycles. The highest BCUT2D eigenvalue weighted by molar-refractivity contribution is 5.97. The molecule has 182 valence electrons. The third-order valence-electron chi connectivity index (χ3n) is 6.82. The summed E-state index contributed by atoms with van der Waals surface area (Å²) in [6.45, 7) is 0. The van der Waals surface area contributed by atoms with E-state index >= 15 is 0 Å².